The monoisotopic (exact) mass is 393 g/mol. The Morgan fingerprint density at radius 3 is 2.46 bits per heavy atom. The molecule has 2 aromatic rings. The second-order valence-electron chi connectivity index (χ2n) is 6.88. The van der Waals surface area contributed by atoms with Crippen LogP contribution < -0.4 is 10.6 Å². The lowest BCUT2D eigenvalue weighted by Crippen LogP contribution is -2.41. The molecule has 0 fully saturated rings. The van der Waals surface area contributed by atoms with Crippen molar-refractivity contribution in [3.63, 3.8) is 0 Å². The number of amides is 2. The summed E-state index contributed by atoms with van der Waals surface area (Å²) in [5.74, 6) is -0.595. The van der Waals surface area contributed by atoms with E-state index in [-0.39, 0.29) is 23.0 Å². The number of halogens is 2. The summed E-state index contributed by atoms with van der Waals surface area (Å²) in [6, 6.07) is 8.30. The fraction of sp³-hybridized carbons (Fsp3) is 0.316. The second-order valence-corrected chi connectivity index (χ2v) is 7.72. The molecule has 1 aromatic heterocycles. The van der Waals surface area contributed by atoms with Crippen LogP contribution >= 0.6 is 23.2 Å². The van der Waals surface area contributed by atoms with Gasteiger partial charge in [-0.15, -0.1) is 0 Å². The molecule has 2 rings (SSSR count). The molecule has 138 valence electrons. The molecule has 0 bridgehead atoms. The van der Waals surface area contributed by atoms with Gasteiger partial charge in [0, 0.05) is 33.9 Å². The average molecular weight is 394 g/mol. The Labute approximate surface area is 163 Å². The van der Waals surface area contributed by atoms with Crippen molar-refractivity contribution in [3.8, 4) is 0 Å². The van der Waals surface area contributed by atoms with Gasteiger partial charge in [-0.05, 0) is 57.0 Å². The van der Waals surface area contributed by atoms with Crippen molar-refractivity contribution in [2.24, 2.45) is 0 Å². The normalized spacial score (nSPS) is 11.1. The van der Waals surface area contributed by atoms with Crippen LogP contribution in [-0.4, -0.2) is 28.9 Å². The van der Waals surface area contributed by atoms with Crippen molar-refractivity contribution < 1.29 is 9.59 Å². The van der Waals surface area contributed by atoms with E-state index in [4.69, 9.17) is 23.2 Å². The van der Waals surface area contributed by atoms with Crippen molar-refractivity contribution in [3.05, 3.63) is 63.4 Å². The van der Waals surface area contributed by atoms with E-state index in [9.17, 15) is 9.59 Å². The molecule has 0 aliphatic heterocycles. The Balaban J connectivity index is 1.97. The zero-order valence-corrected chi connectivity index (χ0v) is 16.4. The lowest BCUT2D eigenvalue weighted by atomic mass is 10.1. The van der Waals surface area contributed by atoms with Gasteiger partial charge in [0.15, 0.2) is 0 Å². The maximum absolute atomic E-state index is 12.3. The smallest absolute Gasteiger partial charge is 0.270 e. The van der Waals surface area contributed by atoms with Gasteiger partial charge in [-0.3, -0.25) is 14.6 Å². The highest BCUT2D eigenvalue weighted by Crippen LogP contribution is 2.21. The summed E-state index contributed by atoms with van der Waals surface area (Å²) in [4.78, 5) is 28.5. The molecular weight excluding hydrogens is 373 g/mol. The highest BCUT2D eigenvalue weighted by atomic mass is 35.5. The van der Waals surface area contributed by atoms with Gasteiger partial charge in [-0.1, -0.05) is 29.3 Å². The third-order valence-corrected chi connectivity index (χ3v) is 4.03. The summed E-state index contributed by atoms with van der Waals surface area (Å²) in [5, 5.41) is 6.77. The first-order valence-electron chi connectivity index (χ1n) is 8.16. The van der Waals surface area contributed by atoms with Gasteiger partial charge in [0.05, 0.1) is 0 Å². The first-order valence-corrected chi connectivity index (χ1v) is 8.92. The first kappa shape index (κ1) is 20.2. The number of benzene rings is 1. The van der Waals surface area contributed by atoms with Crippen LogP contribution in [0.2, 0.25) is 10.0 Å². The zero-order valence-electron chi connectivity index (χ0n) is 14.9. The second kappa shape index (κ2) is 8.52. The largest absolute Gasteiger partial charge is 0.352 e. The molecule has 0 aliphatic rings. The Morgan fingerprint density at radius 1 is 1.08 bits per heavy atom. The van der Waals surface area contributed by atoms with E-state index in [0.717, 1.165) is 5.56 Å². The lowest BCUT2D eigenvalue weighted by Gasteiger charge is -2.20. The number of nitrogens with one attached hydrogen (secondary N) is 2. The Bertz CT molecular complexity index is 817. The number of carbonyl (C=O) groups is 2. The standard InChI is InChI=1S/C19H21Cl2N3O2/c1-19(2,3)24-18(26)16-10-13(7-8-22-16)17(25)23-9-6-12-4-5-14(20)11-15(12)21/h4-5,7-8,10-11H,6,9H2,1-3H3,(H,23,25)(H,24,26). The minimum atomic E-state index is -0.380. The number of aromatic nitrogens is 1. The van der Waals surface area contributed by atoms with Crippen LogP contribution in [0.3, 0.4) is 0 Å². The molecule has 0 spiro atoms. The maximum Gasteiger partial charge on any atom is 0.270 e. The zero-order chi connectivity index (χ0) is 19.3. The van der Waals surface area contributed by atoms with Gasteiger partial charge in [-0.2, -0.15) is 0 Å². The van der Waals surface area contributed by atoms with Crippen LogP contribution in [0.1, 0.15) is 47.2 Å². The molecule has 26 heavy (non-hydrogen) atoms. The number of hydrogen-bond donors (Lipinski definition) is 2. The van der Waals surface area contributed by atoms with Gasteiger partial charge in [0.1, 0.15) is 5.69 Å². The summed E-state index contributed by atoms with van der Waals surface area (Å²) >= 11 is 12.0. The summed E-state index contributed by atoms with van der Waals surface area (Å²) < 4.78 is 0. The van der Waals surface area contributed by atoms with Gasteiger partial charge in [0.2, 0.25) is 0 Å². The molecule has 0 saturated heterocycles. The third-order valence-electron chi connectivity index (χ3n) is 3.44. The quantitative estimate of drug-likeness (QED) is 0.808. The molecule has 1 heterocycles. The predicted molar refractivity (Wildman–Crippen MR) is 104 cm³/mol. The van der Waals surface area contributed by atoms with Crippen molar-refractivity contribution in [1.82, 2.24) is 15.6 Å². The van der Waals surface area contributed by atoms with E-state index in [0.29, 0.717) is 28.6 Å². The highest BCUT2D eigenvalue weighted by Gasteiger charge is 2.17. The lowest BCUT2D eigenvalue weighted by molar-refractivity contribution is 0.0914. The van der Waals surface area contributed by atoms with Crippen LogP contribution in [0.5, 0.6) is 0 Å². The number of hydrogen-bond acceptors (Lipinski definition) is 3. The first-order chi connectivity index (χ1) is 12.2. The fourth-order valence-corrected chi connectivity index (χ4v) is 2.74. The third kappa shape index (κ3) is 6.00. The average Bonchev–Trinajstić information content (AvgIpc) is 2.55. The predicted octanol–water partition coefficient (Wildman–Crippen LogP) is 3.89. The Hall–Kier alpha value is -2.11. The van der Waals surface area contributed by atoms with Crippen LogP contribution in [0.25, 0.3) is 0 Å². The molecule has 5 nitrogen and oxygen atoms in total. The number of pyridine rings is 1. The van der Waals surface area contributed by atoms with Crippen molar-refractivity contribution in [1.29, 1.82) is 0 Å². The molecule has 0 unspecified atom stereocenters. The van der Waals surface area contributed by atoms with E-state index < -0.39 is 0 Å². The summed E-state index contributed by atoms with van der Waals surface area (Å²) in [5.41, 5.74) is 1.10. The minimum absolute atomic E-state index is 0.202. The molecule has 2 amide bonds. The van der Waals surface area contributed by atoms with Crippen molar-refractivity contribution >= 4 is 35.0 Å². The minimum Gasteiger partial charge on any atom is -0.352 e. The fourth-order valence-electron chi connectivity index (χ4n) is 2.24. The van der Waals surface area contributed by atoms with Gasteiger partial charge >= 0.3 is 0 Å². The molecule has 2 N–H and O–H groups in total. The molecule has 0 radical (unpaired) electrons. The summed E-state index contributed by atoms with van der Waals surface area (Å²) in [6.45, 7) is 6.04. The molecule has 7 heteroatoms. The molecule has 0 aliphatic carbocycles. The molecule has 0 atom stereocenters. The number of rotatable bonds is 5. The van der Waals surface area contributed by atoms with E-state index in [2.05, 4.69) is 15.6 Å². The highest BCUT2D eigenvalue weighted by molar-refractivity contribution is 6.35. The van der Waals surface area contributed by atoms with Gasteiger partial charge in [-0.25, -0.2) is 0 Å². The van der Waals surface area contributed by atoms with E-state index in [1.165, 1.54) is 12.3 Å². The van der Waals surface area contributed by atoms with Crippen LogP contribution in [0.15, 0.2) is 36.5 Å². The molecular formula is C19H21Cl2N3O2. The number of carbonyl (C=O) groups excluding carboxylic acids is 2. The SMILES string of the molecule is CC(C)(C)NC(=O)c1cc(C(=O)NCCc2ccc(Cl)cc2Cl)ccn1. The van der Waals surface area contributed by atoms with Crippen molar-refractivity contribution in [2.75, 3.05) is 6.54 Å². The van der Waals surface area contributed by atoms with Gasteiger partial charge in [0.25, 0.3) is 11.8 Å². The van der Waals surface area contributed by atoms with E-state index in [1.54, 1.807) is 18.2 Å². The number of nitrogens with zero attached hydrogens (tertiary/aromatic N) is 1. The Kier molecular flexibility index (Phi) is 6.62. The summed E-state index contributed by atoms with van der Waals surface area (Å²) in [6.07, 6.45) is 2.02. The van der Waals surface area contributed by atoms with E-state index >= 15 is 0 Å². The van der Waals surface area contributed by atoms with Crippen molar-refractivity contribution in [2.45, 2.75) is 32.7 Å². The van der Waals surface area contributed by atoms with Gasteiger partial charge < -0.3 is 10.6 Å². The molecule has 1 aromatic carbocycles. The Morgan fingerprint density at radius 2 is 1.81 bits per heavy atom. The maximum atomic E-state index is 12.3. The van der Waals surface area contributed by atoms with Crippen LogP contribution in [0, 0.1) is 0 Å². The van der Waals surface area contributed by atoms with Crippen LogP contribution in [0.4, 0.5) is 0 Å². The van der Waals surface area contributed by atoms with Crippen LogP contribution in [-0.2, 0) is 6.42 Å². The van der Waals surface area contributed by atoms with E-state index in [1.807, 2.05) is 26.8 Å². The molecule has 0 saturated carbocycles. The topological polar surface area (TPSA) is 71.1 Å². The summed E-state index contributed by atoms with van der Waals surface area (Å²) in [7, 11) is 0.